The van der Waals surface area contributed by atoms with Crippen molar-refractivity contribution in [1.82, 2.24) is 0 Å². The molecule has 0 unspecified atom stereocenters. The lowest BCUT2D eigenvalue weighted by molar-refractivity contribution is 0.101. The maximum absolute atomic E-state index is 12.1. The number of hydrogen-bond donors (Lipinski definition) is 0. The molecule has 0 radical (unpaired) electrons. The summed E-state index contributed by atoms with van der Waals surface area (Å²) in [6.07, 6.45) is 0.778. The Balaban J connectivity index is 2.33. The van der Waals surface area contributed by atoms with Gasteiger partial charge in [0.05, 0.1) is 5.02 Å². The SMILES string of the molecule is CCc1ccc(C(=O)c2ccc(I)c(Cl)c2)o1. The Kier molecular flexibility index (Phi) is 3.89. The van der Waals surface area contributed by atoms with E-state index in [-0.39, 0.29) is 5.78 Å². The summed E-state index contributed by atoms with van der Waals surface area (Å²) in [5.74, 6) is 1.03. The summed E-state index contributed by atoms with van der Waals surface area (Å²) >= 11 is 8.11. The zero-order chi connectivity index (χ0) is 12.4. The summed E-state index contributed by atoms with van der Waals surface area (Å²) in [4.78, 5) is 12.1. The van der Waals surface area contributed by atoms with E-state index >= 15 is 0 Å². The monoisotopic (exact) mass is 360 g/mol. The average molecular weight is 361 g/mol. The molecular formula is C13H10ClIO2. The topological polar surface area (TPSA) is 30.2 Å². The third kappa shape index (κ3) is 2.72. The molecule has 0 N–H and O–H groups in total. The molecule has 88 valence electrons. The number of halogens is 2. The van der Waals surface area contributed by atoms with Crippen molar-refractivity contribution in [3.63, 3.8) is 0 Å². The highest BCUT2D eigenvalue weighted by atomic mass is 127. The van der Waals surface area contributed by atoms with E-state index < -0.39 is 0 Å². The second-order valence-corrected chi connectivity index (χ2v) is 5.15. The van der Waals surface area contributed by atoms with Gasteiger partial charge in [-0.25, -0.2) is 0 Å². The van der Waals surface area contributed by atoms with Crippen molar-refractivity contribution in [2.45, 2.75) is 13.3 Å². The minimum absolute atomic E-state index is 0.136. The lowest BCUT2D eigenvalue weighted by atomic mass is 10.1. The van der Waals surface area contributed by atoms with Crippen LogP contribution in [0, 0.1) is 3.57 Å². The molecule has 2 rings (SSSR count). The molecule has 2 nitrogen and oxygen atoms in total. The molecule has 1 aromatic carbocycles. The maximum Gasteiger partial charge on any atom is 0.228 e. The van der Waals surface area contributed by atoms with E-state index in [1.165, 1.54) is 0 Å². The average Bonchev–Trinajstić information content (AvgIpc) is 2.80. The van der Waals surface area contributed by atoms with Crippen LogP contribution >= 0.6 is 34.2 Å². The number of rotatable bonds is 3. The fourth-order valence-electron chi connectivity index (χ4n) is 1.47. The van der Waals surface area contributed by atoms with Crippen molar-refractivity contribution in [3.8, 4) is 0 Å². The van der Waals surface area contributed by atoms with Gasteiger partial charge >= 0.3 is 0 Å². The van der Waals surface area contributed by atoms with Crippen LogP contribution in [-0.4, -0.2) is 5.78 Å². The second kappa shape index (κ2) is 5.23. The Hall–Kier alpha value is -0.810. The van der Waals surface area contributed by atoms with Gasteiger partial charge in [-0.1, -0.05) is 18.5 Å². The lowest BCUT2D eigenvalue weighted by Gasteiger charge is -2.00. The van der Waals surface area contributed by atoms with Crippen LogP contribution in [0.5, 0.6) is 0 Å². The van der Waals surface area contributed by atoms with Crippen molar-refractivity contribution in [2.24, 2.45) is 0 Å². The zero-order valence-electron chi connectivity index (χ0n) is 9.17. The van der Waals surface area contributed by atoms with Crippen LogP contribution in [0.1, 0.15) is 28.8 Å². The summed E-state index contributed by atoms with van der Waals surface area (Å²) in [7, 11) is 0. The second-order valence-electron chi connectivity index (χ2n) is 3.58. The molecule has 0 amide bonds. The van der Waals surface area contributed by atoms with E-state index in [4.69, 9.17) is 16.0 Å². The maximum atomic E-state index is 12.1. The summed E-state index contributed by atoms with van der Waals surface area (Å²) in [6, 6.07) is 8.76. The molecule has 0 atom stereocenters. The number of carbonyl (C=O) groups is 1. The summed E-state index contributed by atoms with van der Waals surface area (Å²) < 4.78 is 6.35. The quantitative estimate of drug-likeness (QED) is 0.602. The zero-order valence-corrected chi connectivity index (χ0v) is 12.1. The van der Waals surface area contributed by atoms with Gasteiger partial charge in [-0.2, -0.15) is 0 Å². The number of aryl methyl sites for hydroxylation is 1. The number of furan rings is 1. The van der Waals surface area contributed by atoms with Crippen molar-refractivity contribution in [1.29, 1.82) is 0 Å². The third-order valence-corrected chi connectivity index (χ3v) is 3.99. The van der Waals surface area contributed by atoms with E-state index in [1.54, 1.807) is 18.2 Å². The van der Waals surface area contributed by atoms with E-state index in [1.807, 2.05) is 19.1 Å². The highest BCUT2D eigenvalue weighted by molar-refractivity contribution is 14.1. The third-order valence-electron chi connectivity index (χ3n) is 2.42. The molecule has 0 spiro atoms. The minimum atomic E-state index is -0.136. The Morgan fingerprint density at radius 3 is 2.71 bits per heavy atom. The number of ketones is 1. The molecular weight excluding hydrogens is 350 g/mol. The van der Waals surface area contributed by atoms with Gasteiger partial charge in [0.15, 0.2) is 5.76 Å². The Morgan fingerprint density at radius 2 is 2.12 bits per heavy atom. The van der Waals surface area contributed by atoms with Crippen LogP contribution in [-0.2, 0) is 6.42 Å². The van der Waals surface area contributed by atoms with Crippen LogP contribution in [0.4, 0.5) is 0 Å². The summed E-state index contributed by atoms with van der Waals surface area (Å²) in [5, 5.41) is 0.582. The minimum Gasteiger partial charge on any atom is -0.458 e. The van der Waals surface area contributed by atoms with Gasteiger partial charge < -0.3 is 4.42 Å². The predicted octanol–water partition coefficient (Wildman–Crippen LogP) is 4.33. The summed E-state index contributed by atoms with van der Waals surface area (Å²) in [5.41, 5.74) is 0.549. The van der Waals surface area contributed by atoms with Crippen LogP contribution in [0.15, 0.2) is 34.7 Å². The molecule has 1 heterocycles. The van der Waals surface area contributed by atoms with Crippen LogP contribution in [0.3, 0.4) is 0 Å². The fourth-order valence-corrected chi connectivity index (χ4v) is 1.99. The molecule has 4 heteroatoms. The van der Waals surface area contributed by atoms with Gasteiger partial charge in [0.25, 0.3) is 0 Å². The Bertz CT molecular complexity index is 560. The van der Waals surface area contributed by atoms with Gasteiger partial charge in [-0.15, -0.1) is 0 Å². The molecule has 0 aliphatic carbocycles. The van der Waals surface area contributed by atoms with E-state index in [9.17, 15) is 4.79 Å². The molecule has 1 aromatic heterocycles. The van der Waals surface area contributed by atoms with E-state index in [0.29, 0.717) is 16.3 Å². The first kappa shape index (κ1) is 12.6. The number of benzene rings is 1. The normalized spacial score (nSPS) is 10.5. The van der Waals surface area contributed by atoms with Crippen LogP contribution < -0.4 is 0 Å². The number of carbonyl (C=O) groups excluding carboxylic acids is 1. The molecule has 0 fully saturated rings. The standard InChI is InChI=1S/C13H10ClIO2/c1-2-9-4-6-12(17-9)13(16)8-3-5-11(15)10(14)7-8/h3-7H,2H2,1H3. The largest absolute Gasteiger partial charge is 0.458 e. The van der Waals surface area contributed by atoms with Gasteiger partial charge in [-0.05, 0) is 52.9 Å². The first-order valence-corrected chi connectivity index (χ1v) is 6.66. The Labute approximate surface area is 118 Å². The molecule has 0 saturated carbocycles. The molecule has 0 saturated heterocycles. The van der Waals surface area contributed by atoms with Crippen molar-refractivity contribution >= 4 is 40.0 Å². The Morgan fingerprint density at radius 1 is 1.35 bits per heavy atom. The van der Waals surface area contributed by atoms with E-state index in [0.717, 1.165) is 15.8 Å². The fraction of sp³-hybridized carbons (Fsp3) is 0.154. The highest BCUT2D eigenvalue weighted by Crippen LogP contribution is 2.22. The van der Waals surface area contributed by atoms with Crippen LogP contribution in [0.25, 0.3) is 0 Å². The first-order valence-electron chi connectivity index (χ1n) is 5.20. The predicted molar refractivity (Wildman–Crippen MR) is 75.7 cm³/mol. The molecule has 17 heavy (non-hydrogen) atoms. The van der Waals surface area contributed by atoms with Crippen LogP contribution in [0.2, 0.25) is 5.02 Å². The van der Waals surface area contributed by atoms with Gasteiger partial charge in [0.2, 0.25) is 5.78 Å². The van der Waals surface area contributed by atoms with Gasteiger partial charge in [0, 0.05) is 15.6 Å². The highest BCUT2D eigenvalue weighted by Gasteiger charge is 2.14. The van der Waals surface area contributed by atoms with Gasteiger partial charge in [-0.3, -0.25) is 4.79 Å². The smallest absolute Gasteiger partial charge is 0.228 e. The lowest BCUT2D eigenvalue weighted by Crippen LogP contribution is -1.99. The van der Waals surface area contributed by atoms with Crippen molar-refractivity contribution in [3.05, 3.63) is 56.0 Å². The molecule has 2 aromatic rings. The van der Waals surface area contributed by atoms with Crippen molar-refractivity contribution < 1.29 is 9.21 Å². The van der Waals surface area contributed by atoms with Gasteiger partial charge in [0.1, 0.15) is 5.76 Å². The molecule has 0 aliphatic heterocycles. The van der Waals surface area contributed by atoms with Crippen molar-refractivity contribution in [2.75, 3.05) is 0 Å². The molecule has 0 bridgehead atoms. The molecule has 0 aliphatic rings. The summed E-state index contributed by atoms with van der Waals surface area (Å²) in [6.45, 7) is 1.98. The van der Waals surface area contributed by atoms with E-state index in [2.05, 4.69) is 22.6 Å². The number of hydrogen-bond acceptors (Lipinski definition) is 2. The first-order chi connectivity index (χ1) is 8.11.